The maximum atomic E-state index is 14.4. The average Bonchev–Trinajstić information content (AvgIpc) is 3.48. The Morgan fingerprint density at radius 3 is 2.42 bits per heavy atom. The third-order valence-electron chi connectivity index (χ3n) is 7.72. The van der Waals surface area contributed by atoms with E-state index in [0.717, 1.165) is 0 Å². The molecule has 1 atom stereocenters. The number of rotatable bonds is 2. The molecule has 3 aromatic rings. The van der Waals surface area contributed by atoms with Crippen LogP contribution in [0, 0.1) is 22.6 Å². The average molecular weight is 527 g/mol. The Labute approximate surface area is 224 Å². The van der Waals surface area contributed by atoms with Crippen molar-refractivity contribution in [3.05, 3.63) is 100 Å². The smallest absolute Gasteiger partial charge is 0.247 e. The number of Topliss-reactive ketones (excluding diaryl/α,β-unsaturated/α-hetero) is 1. The van der Waals surface area contributed by atoms with E-state index in [4.69, 9.17) is 11.6 Å². The molecular weight excluding hydrogens is 503 g/mol. The molecule has 1 amide bonds. The van der Waals surface area contributed by atoms with Crippen molar-refractivity contribution in [1.82, 2.24) is 4.57 Å². The number of para-hydroxylation sites is 1. The van der Waals surface area contributed by atoms with E-state index < -0.39 is 16.6 Å². The van der Waals surface area contributed by atoms with Gasteiger partial charge < -0.3 is 9.47 Å². The van der Waals surface area contributed by atoms with Crippen molar-refractivity contribution in [2.75, 3.05) is 16.8 Å². The summed E-state index contributed by atoms with van der Waals surface area (Å²) in [6.07, 6.45) is 4.25. The first-order valence-electron chi connectivity index (χ1n) is 12.3. The zero-order valence-electron chi connectivity index (χ0n) is 21.1. The van der Waals surface area contributed by atoms with Gasteiger partial charge in [-0.05, 0) is 48.2 Å². The third kappa shape index (κ3) is 3.10. The maximum Gasteiger partial charge on any atom is 0.247 e. The Hall–Kier alpha value is -4.15. The first-order chi connectivity index (χ1) is 18.1. The Morgan fingerprint density at radius 2 is 1.74 bits per heavy atom. The highest BCUT2D eigenvalue weighted by Crippen LogP contribution is 2.59. The van der Waals surface area contributed by atoms with Crippen LogP contribution in [0.15, 0.2) is 83.8 Å². The number of hydrogen-bond donors (Lipinski definition) is 0. The lowest BCUT2D eigenvalue weighted by Gasteiger charge is -2.47. The lowest BCUT2D eigenvalue weighted by Crippen LogP contribution is -2.52. The fraction of sp³-hybridized carbons (Fsp3) is 0.233. The van der Waals surface area contributed by atoms with Crippen LogP contribution >= 0.6 is 11.6 Å². The number of carbonyl (C=O) groups is 2. The molecule has 0 saturated carbocycles. The number of nitriles is 1. The summed E-state index contributed by atoms with van der Waals surface area (Å²) in [5, 5.41) is 10.7. The topological polar surface area (TPSA) is 69.3 Å². The Kier molecular flexibility index (Phi) is 5.21. The predicted octanol–water partition coefficient (Wildman–Crippen LogP) is 6.05. The summed E-state index contributed by atoms with van der Waals surface area (Å²) in [6.45, 7) is 4.01. The summed E-state index contributed by atoms with van der Waals surface area (Å²) in [6, 6.07) is 17.6. The lowest BCUT2D eigenvalue weighted by molar-refractivity contribution is -0.124. The second-order valence-corrected chi connectivity index (χ2v) is 11.1. The van der Waals surface area contributed by atoms with E-state index >= 15 is 0 Å². The third-order valence-corrected chi connectivity index (χ3v) is 8.01. The van der Waals surface area contributed by atoms with Crippen LogP contribution in [0.5, 0.6) is 0 Å². The molecule has 1 aromatic heterocycles. The molecular formula is C30H24ClFN4O2. The minimum absolute atomic E-state index is 0.0845. The molecule has 1 aliphatic carbocycles. The van der Waals surface area contributed by atoms with Crippen molar-refractivity contribution in [2.24, 2.45) is 5.41 Å². The van der Waals surface area contributed by atoms with Gasteiger partial charge in [-0.2, -0.15) is 5.26 Å². The van der Waals surface area contributed by atoms with E-state index in [-0.39, 0.29) is 28.7 Å². The van der Waals surface area contributed by atoms with Gasteiger partial charge in [-0.1, -0.05) is 43.6 Å². The molecule has 2 aromatic carbocycles. The number of amides is 1. The fourth-order valence-electron chi connectivity index (χ4n) is 6.24. The number of hydrogen-bond acceptors (Lipinski definition) is 4. The molecule has 0 fully saturated rings. The molecule has 1 spiro atoms. The second-order valence-electron chi connectivity index (χ2n) is 10.7. The van der Waals surface area contributed by atoms with E-state index in [9.17, 15) is 19.2 Å². The van der Waals surface area contributed by atoms with Crippen molar-refractivity contribution in [3.8, 4) is 6.07 Å². The number of benzene rings is 2. The second kappa shape index (κ2) is 8.17. The minimum Gasteiger partial charge on any atom is -0.314 e. The molecule has 8 heteroatoms. The highest BCUT2D eigenvalue weighted by Gasteiger charge is 2.63. The Balaban J connectivity index is 1.81. The van der Waals surface area contributed by atoms with E-state index in [1.807, 2.05) is 50.2 Å². The molecule has 0 N–H and O–H groups in total. The Bertz CT molecular complexity index is 1650. The highest BCUT2D eigenvalue weighted by atomic mass is 35.5. The van der Waals surface area contributed by atoms with Crippen LogP contribution in [-0.2, 0) is 15.0 Å². The van der Waals surface area contributed by atoms with Gasteiger partial charge in [0.05, 0.1) is 10.6 Å². The molecule has 1 unspecified atom stereocenters. The molecule has 2 aliphatic heterocycles. The fourth-order valence-corrected chi connectivity index (χ4v) is 6.41. The van der Waals surface area contributed by atoms with Crippen LogP contribution in [0.3, 0.4) is 0 Å². The minimum atomic E-state index is -1.61. The summed E-state index contributed by atoms with van der Waals surface area (Å²) in [5.74, 6) is -0.709. The van der Waals surface area contributed by atoms with E-state index in [0.29, 0.717) is 40.5 Å². The van der Waals surface area contributed by atoms with Gasteiger partial charge in [-0.15, -0.1) is 0 Å². The molecule has 6 rings (SSSR count). The van der Waals surface area contributed by atoms with Crippen molar-refractivity contribution in [3.63, 3.8) is 0 Å². The normalized spacial score (nSPS) is 22.2. The molecule has 0 radical (unpaired) electrons. The molecule has 6 nitrogen and oxygen atoms in total. The van der Waals surface area contributed by atoms with Crippen LogP contribution < -0.4 is 9.80 Å². The van der Waals surface area contributed by atoms with Gasteiger partial charge in [0.25, 0.3) is 0 Å². The number of nitrogens with zero attached hydrogens (tertiary/aromatic N) is 4. The van der Waals surface area contributed by atoms with Crippen LogP contribution in [0.25, 0.3) is 5.82 Å². The number of carbonyl (C=O) groups excluding carboxylic acids is 2. The van der Waals surface area contributed by atoms with E-state index in [1.54, 1.807) is 35.0 Å². The SMILES string of the molecule is CN1C(=O)C2(C(C#N)=C(n3cccc3)N(c3ccc(F)c(Cl)c3)C3=C2C(=O)CC(C)(C)C3)c2ccccc21. The van der Waals surface area contributed by atoms with Gasteiger partial charge >= 0.3 is 0 Å². The van der Waals surface area contributed by atoms with Gasteiger partial charge in [0.15, 0.2) is 5.78 Å². The first-order valence-corrected chi connectivity index (χ1v) is 12.7. The largest absolute Gasteiger partial charge is 0.314 e. The van der Waals surface area contributed by atoms with Gasteiger partial charge in [-0.25, -0.2) is 4.39 Å². The Morgan fingerprint density at radius 1 is 1.03 bits per heavy atom. The quantitative estimate of drug-likeness (QED) is 0.407. The van der Waals surface area contributed by atoms with Crippen molar-refractivity contribution in [2.45, 2.75) is 32.1 Å². The molecule has 38 heavy (non-hydrogen) atoms. The number of halogens is 2. The standard InChI is InChI=1S/C30H24ClFN4O2/c1-29(2)15-24-26(25(37)16-29)30(19-8-4-5-9-23(19)34(3)28(30)38)20(17-33)27(35-12-6-7-13-35)36(24)18-10-11-22(32)21(31)14-18/h4-14H,15-16H2,1-3H3. The van der Waals surface area contributed by atoms with Gasteiger partial charge in [0, 0.05) is 54.1 Å². The number of ketones is 1. The highest BCUT2D eigenvalue weighted by molar-refractivity contribution is 6.31. The summed E-state index contributed by atoms with van der Waals surface area (Å²) in [5.41, 5.74) is 0.754. The monoisotopic (exact) mass is 526 g/mol. The molecule has 3 heterocycles. The maximum absolute atomic E-state index is 14.4. The van der Waals surface area contributed by atoms with Crippen LogP contribution in [-0.4, -0.2) is 23.3 Å². The molecule has 190 valence electrons. The van der Waals surface area contributed by atoms with Crippen molar-refractivity contribution < 1.29 is 14.0 Å². The van der Waals surface area contributed by atoms with Crippen LogP contribution in [0.1, 0.15) is 32.3 Å². The van der Waals surface area contributed by atoms with Crippen molar-refractivity contribution in [1.29, 1.82) is 5.26 Å². The summed E-state index contributed by atoms with van der Waals surface area (Å²) >= 11 is 6.23. The van der Waals surface area contributed by atoms with Crippen molar-refractivity contribution >= 4 is 40.5 Å². The van der Waals surface area contributed by atoms with Gasteiger partial charge in [0.2, 0.25) is 5.91 Å². The summed E-state index contributed by atoms with van der Waals surface area (Å²) in [4.78, 5) is 31.9. The summed E-state index contributed by atoms with van der Waals surface area (Å²) in [7, 11) is 1.67. The molecule has 0 bridgehead atoms. The predicted molar refractivity (Wildman–Crippen MR) is 144 cm³/mol. The summed E-state index contributed by atoms with van der Waals surface area (Å²) < 4.78 is 16.0. The molecule has 3 aliphatic rings. The zero-order valence-corrected chi connectivity index (χ0v) is 21.9. The number of likely N-dealkylation sites (N-methyl/N-ethyl adjacent to an activating group) is 1. The van der Waals surface area contributed by atoms with Crippen LogP contribution in [0.4, 0.5) is 15.8 Å². The van der Waals surface area contributed by atoms with Gasteiger partial charge in [-0.3, -0.25) is 14.5 Å². The number of allylic oxidation sites excluding steroid dienone is 1. The molecule has 0 saturated heterocycles. The number of aromatic nitrogens is 1. The first kappa shape index (κ1) is 24.2. The lowest BCUT2D eigenvalue weighted by atomic mass is 9.60. The van der Waals surface area contributed by atoms with Crippen LogP contribution in [0.2, 0.25) is 5.02 Å². The van der Waals surface area contributed by atoms with Gasteiger partial charge in [0.1, 0.15) is 23.1 Å². The zero-order chi connectivity index (χ0) is 27.0. The number of anilines is 2. The van der Waals surface area contributed by atoms with E-state index in [2.05, 4.69) is 6.07 Å². The number of fused-ring (bicyclic) bond motifs is 3. The van der Waals surface area contributed by atoms with E-state index in [1.165, 1.54) is 17.0 Å².